The number of nitrogens with zero attached hydrogens (tertiary/aromatic N) is 2. The van der Waals surface area contributed by atoms with Crippen molar-refractivity contribution in [2.45, 2.75) is 52.2 Å². The Morgan fingerprint density at radius 2 is 2.40 bits per heavy atom. The first-order chi connectivity index (χ1) is 9.63. The van der Waals surface area contributed by atoms with Crippen LogP contribution in [0.4, 0.5) is 5.95 Å². The van der Waals surface area contributed by atoms with Crippen LogP contribution in [0, 0.1) is 6.92 Å². The number of hydrogen-bond acceptors (Lipinski definition) is 4. The zero-order valence-corrected chi connectivity index (χ0v) is 12.9. The van der Waals surface area contributed by atoms with Crippen LogP contribution in [0.3, 0.4) is 0 Å². The summed E-state index contributed by atoms with van der Waals surface area (Å²) in [5.74, 6) is 0.940. The van der Waals surface area contributed by atoms with Gasteiger partial charge in [-0.2, -0.15) is 0 Å². The molecule has 114 valence electrons. The van der Waals surface area contributed by atoms with Crippen molar-refractivity contribution in [1.29, 1.82) is 0 Å². The lowest BCUT2D eigenvalue weighted by molar-refractivity contribution is 0.0313. The van der Waals surface area contributed by atoms with Crippen molar-refractivity contribution in [1.82, 2.24) is 9.55 Å². The molecule has 20 heavy (non-hydrogen) atoms. The number of aryl methyl sites for hydroxylation is 2. The lowest BCUT2D eigenvalue weighted by Crippen LogP contribution is -2.33. The van der Waals surface area contributed by atoms with Crippen molar-refractivity contribution in [2.24, 2.45) is 0 Å². The highest BCUT2D eigenvalue weighted by molar-refractivity contribution is 5.29. The topological polar surface area (TPSA) is 48.3 Å². The molecule has 5 nitrogen and oxygen atoms in total. The van der Waals surface area contributed by atoms with Gasteiger partial charge in [0.25, 0.3) is 0 Å². The van der Waals surface area contributed by atoms with Crippen molar-refractivity contribution < 1.29 is 9.47 Å². The Hall–Kier alpha value is -1.07. The second-order valence-corrected chi connectivity index (χ2v) is 5.71. The van der Waals surface area contributed by atoms with Crippen molar-refractivity contribution in [3.05, 3.63) is 11.9 Å². The molecule has 1 aliphatic rings. The third-order valence-electron chi connectivity index (χ3n) is 3.71. The van der Waals surface area contributed by atoms with Crippen LogP contribution in [0.15, 0.2) is 6.20 Å². The van der Waals surface area contributed by atoms with Crippen LogP contribution in [0.5, 0.6) is 0 Å². The number of ether oxygens (including phenoxy) is 2. The van der Waals surface area contributed by atoms with Crippen LogP contribution in [-0.4, -0.2) is 41.5 Å². The first-order valence-electron chi connectivity index (χ1n) is 7.62. The molecule has 0 amide bonds. The summed E-state index contributed by atoms with van der Waals surface area (Å²) in [6.45, 7) is 10.4. The van der Waals surface area contributed by atoms with Crippen molar-refractivity contribution in [2.75, 3.05) is 31.7 Å². The van der Waals surface area contributed by atoms with E-state index < -0.39 is 0 Å². The minimum atomic E-state index is -0.0456. The van der Waals surface area contributed by atoms with Gasteiger partial charge < -0.3 is 19.4 Å². The van der Waals surface area contributed by atoms with Gasteiger partial charge >= 0.3 is 0 Å². The summed E-state index contributed by atoms with van der Waals surface area (Å²) in [7, 11) is 0. The molecule has 1 unspecified atom stereocenters. The zero-order valence-electron chi connectivity index (χ0n) is 12.9. The smallest absolute Gasteiger partial charge is 0.203 e. The highest BCUT2D eigenvalue weighted by Gasteiger charge is 2.29. The van der Waals surface area contributed by atoms with Gasteiger partial charge in [-0.1, -0.05) is 0 Å². The van der Waals surface area contributed by atoms with Crippen LogP contribution in [0.2, 0.25) is 0 Å². The summed E-state index contributed by atoms with van der Waals surface area (Å²) in [5.41, 5.74) is 0.997. The minimum Gasteiger partial charge on any atom is -0.382 e. The molecule has 0 radical (unpaired) electrons. The predicted octanol–water partition coefficient (Wildman–Crippen LogP) is 2.60. The molecule has 0 aromatic carbocycles. The third kappa shape index (κ3) is 4.21. The second kappa shape index (κ2) is 7.09. The van der Waals surface area contributed by atoms with Crippen molar-refractivity contribution >= 4 is 5.95 Å². The molecule has 1 aliphatic heterocycles. The maximum Gasteiger partial charge on any atom is 0.203 e. The van der Waals surface area contributed by atoms with Crippen LogP contribution < -0.4 is 5.32 Å². The summed E-state index contributed by atoms with van der Waals surface area (Å²) in [4.78, 5) is 4.56. The number of aromatic nitrogens is 2. The molecule has 0 bridgehead atoms. The van der Waals surface area contributed by atoms with Gasteiger partial charge in [0.2, 0.25) is 5.95 Å². The Labute approximate surface area is 121 Å². The number of hydrogen-bond donors (Lipinski definition) is 1. The van der Waals surface area contributed by atoms with E-state index >= 15 is 0 Å². The number of nitrogens with one attached hydrogen (secondary N) is 1. The molecule has 1 aromatic heterocycles. The highest BCUT2D eigenvalue weighted by atomic mass is 16.5. The maximum absolute atomic E-state index is 5.80. The summed E-state index contributed by atoms with van der Waals surface area (Å²) >= 11 is 0. The Morgan fingerprint density at radius 3 is 3.10 bits per heavy atom. The average Bonchev–Trinajstić information content (AvgIpc) is 2.99. The quantitative estimate of drug-likeness (QED) is 0.744. The minimum absolute atomic E-state index is 0.0456. The van der Waals surface area contributed by atoms with Gasteiger partial charge in [0.15, 0.2) is 0 Å². The summed E-state index contributed by atoms with van der Waals surface area (Å²) in [6.07, 6.45) is 5.36. The van der Waals surface area contributed by atoms with Gasteiger partial charge in [-0.25, -0.2) is 4.98 Å². The maximum atomic E-state index is 5.80. The largest absolute Gasteiger partial charge is 0.382 e. The Kier molecular flexibility index (Phi) is 5.43. The number of anilines is 1. The van der Waals surface area contributed by atoms with E-state index in [2.05, 4.69) is 28.0 Å². The monoisotopic (exact) mass is 281 g/mol. The highest BCUT2D eigenvalue weighted by Crippen LogP contribution is 2.25. The first kappa shape index (κ1) is 15.3. The van der Waals surface area contributed by atoms with E-state index in [-0.39, 0.29) is 5.60 Å². The Bertz CT molecular complexity index is 411. The fraction of sp³-hybridized carbons (Fsp3) is 0.800. The van der Waals surface area contributed by atoms with E-state index in [4.69, 9.17) is 9.47 Å². The summed E-state index contributed by atoms with van der Waals surface area (Å²) in [5, 5.41) is 3.44. The first-order valence-corrected chi connectivity index (χ1v) is 7.62. The Balaban J connectivity index is 1.86. The molecule has 5 heteroatoms. The van der Waals surface area contributed by atoms with Gasteiger partial charge in [-0.05, 0) is 40.0 Å². The van der Waals surface area contributed by atoms with Crippen LogP contribution >= 0.6 is 0 Å². The lowest BCUT2D eigenvalue weighted by atomic mass is 10.0. The molecule has 1 saturated heterocycles. The summed E-state index contributed by atoms with van der Waals surface area (Å²) < 4.78 is 13.4. The van der Waals surface area contributed by atoms with Gasteiger partial charge in [0.05, 0.1) is 11.3 Å². The fourth-order valence-electron chi connectivity index (χ4n) is 2.58. The van der Waals surface area contributed by atoms with Crippen LogP contribution in [-0.2, 0) is 16.0 Å². The molecular weight excluding hydrogens is 254 g/mol. The predicted molar refractivity (Wildman–Crippen MR) is 80.2 cm³/mol. The zero-order chi connectivity index (χ0) is 14.4. The SMILES string of the molecule is CCOCCCn1cc(C)nc1NCC1(C)CCCO1. The number of rotatable bonds is 8. The van der Waals surface area contributed by atoms with Gasteiger partial charge in [-0.3, -0.25) is 0 Å². The summed E-state index contributed by atoms with van der Waals surface area (Å²) in [6, 6.07) is 0. The van der Waals surface area contributed by atoms with E-state index in [1.54, 1.807) is 0 Å². The van der Waals surface area contributed by atoms with Gasteiger partial charge in [-0.15, -0.1) is 0 Å². The van der Waals surface area contributed by atoms with Crippen LogP contribution in [0.25, 0.3) is 0 Å². The second-order valence-electron chi connectivity index (χ2n) is 5.71. The fourth-order valence-corrected chi connectivity index (χ4v) is 2.58. The van der Waals surface area contributed by atoms with Gasteiger partial charge in [0, 0.05) is 39.1 Å². The molecule has 1 atom stereocenters. The standard InChI is InChI=1S/C15H27N3O2/c1-4-19-9-6-8-18-11-13(2)17-14(18)16-12-15(3)7-5-10-20-15/h11H,4-10,12H2,1-3H3,(H,16,17). The Morgan fingerprint density at radius 1 is 1.55 bits per heavy atom. The van der Waals surface area contributed by atoms with Crippen LogP contribution in [0.1, 0.15) is 38.8 Å². The molecule has 1 fully saturated rings. The third-order valence-corrected chi connectivity index (χ3v) is 3.71. The molecule has 0 aliphatic carbocycles. The lowest BCUT2D eigenvalue weighted by Gasteiger charge is -2.23. The van der Waals surface area contributed by atoms with E-state index in [9.17, 15) is 0 Å². The van der Waals surface area contributed by atoms with E-state index in [0.717, 1.165) is 63.8 Å². The van der Waals surface area contributed by atoms with E-state index in [1.165, 1.54) is 0 Å². The molecule has 1 aromatic rings. The molecule has 0 spiro atoms. The molecule has 1 N–H and O–H groups in total. The average molecular weight is 281 g/mol. The normalized spacial score (nSPS) is 22.4. The van der Waals surface area contributed by atoms with Crippen molar-refractivity contribution in [3.63, 3.8) is 0 Å². The van der Waals surface area contributed by atoms with Crippen molar-refractivity contribution in [3.8, 4) is 0 Å². The molecule has 0 saturated carbocycles. The molecular formula is C15H27N3O2. The molecule has 2 heterocycles. The molecule has 2 rings (SSSR count). The van der Waals surface area contributed by atoms with E-state index in [1.807, 2.05) is 13.8 Å². The van der Waals surface area contributed by atoms with Gasteiger partial charge in [0.1, 0.15) is 0 Å². The van der Waals surface area contributed by atoms with E-state index in [0.29, 0.717) is 0 Å². The number of imidazole rings is 1.